The normalized spacial score (nSPS) is 11.4. The van der Waals surface area contributed by atoms with Crippen molar-refractivity contribution in [2.45, 2.75) is 4.21 Å². The van der Waals surface area contributed by atoms with Crippen molar-refractivity contribution in [2.75, 3.05) is 18.4 Å². The lowest BCUT2D eigenvalue weighted by Crippen LogP contribution is -2.37. The first-order chi connectivity index (χ1) is 10.9. The molecule has 0 spiro atoms. The van der Waals surface area contributed by atoms with Crippen LogP contribution in [0.15, 0.2) is 58.6 Å². The molecule has 0 radical (unpaired) electrons. The molecule has 2 aromatic rings. The highest BCUT2D eigenvalue weighted by atomic mass is 127. The van der Waals surface area contributed by atoms with Gasteiger partial charge in [0.15, 0.2) is 0 Å². The van der Waals surface area contributed by atoms with E-state index in [0.717, 1.165) is 19.2 Å². The monoisotopic (exact) mass is 462 g/mol. The second-order valence-electron chi connectivity index (χ2n) is 4.58. The summed E-state index contributed by atoms with van der Waals surface area (Å²) in [6.07, 6.45) is 1.46. The molecule has 0 bridgehead atoms. The van der Waals surface area contributed by atoms with Crippen molar-refractivity contribution >= 4 is 55.5 Å². The Morgan fingerprint density at radius 1 is 1.35 bits per heavy atom. The number of rotatable bonds is 7. The molecule has 1 amide bonds. The van der Waals surface area contributed by atoms with E-state index in [1.54, 1.807) is 17.5 Å². The minimum atomic E-state index is -3.70. The number of nitrogens with zero attached hydrogens (tertiary/aromatic N) is 1. The van der Waals surface area contributed by atoms with Crippen LogP contribution in [0.2, 0.25) is 0 Å². The quantitative estimate of drug-likeness (QED) is 0.508. The number of benzene rings is 1. The van der Waals surface area contributed by atoms with Crippen molar-refractivity contribution in [3.63, 3.8) is 0 Å². The maximum Gasteiger partial charge on any atom is 0.253 e. The van der Waals surface area contributed by atoms with E-state index < -0.39 is 15.9 Å². The van der Waals surface area contributed by atoms with Gasteiger partial charge in [0.1, 0.15) is 4.21 Å². The fourth-order valence-corrected chi connectivity index (χ4v) is 4.91. The zero-order valence-electron chi connectivity index (χ0n) is 12.1. The lowest BCUT2D eigenvalue weighted by molar-refractivity contribution is -0.116. The number of amides is 1. The van der Waals surface area contributed by atoms with Crippen LogP contribution < -0.4 is 5.32 Å². The molecule has 1 aromatic heterocycles. The highest BCUT2D eigenvalue weighted by Gasteiger charge is 2.26. The summed E-state index contributed by atoms with van der Waals surface area (Å²) in [5, 5.41) is 4.39. The third-order valence-electron chi connectivity index (χ3n) is 2.85. The summed E-state index contributed by atoms with van der Waals surface area (Å²) >= 11 is 3.26. The largest absolute Gasteiger partial charge is 0.325 e. The molecule has 23 heavy (non-hydrogen) atoms. The van der Waals surface area contributed by atoms with Crippen LogP contribution >= 0.6 is 33.9 Å². The molecule has 122 valence electrons. The maximum atomic E-state index is 12.5. The van der Waals surface area contributed by atoms with Crippen LogP contribution in [0.3, 0.4) is 0 Å². The Kier molecular flexibility index (Phi) is 6.33. The molecule has 1 aromatic carbocycles. The number of thiophene rings is 1. The molecule has 2 rings (SSSR count). The fraction of sp³-hybridized carbons (Fsp3) is 0.133. The number of carbonyl (C=O) groups is 1. The van der Waals surface area contributed by atoms with Crippen molar-refractivity contribution in [3.8, 4) is 0 Å². The van der Waals surface area contributed by atoms with Gasteiger partial charge in [0.25, 0.3) is 10.0 Å². The van der Waals surface area contributed by atoms with E-state index >= 15 is 0 Å². The number of sulfonamides is 1. The summed E-state index contributed by atoms with van der Waals surface area (Å²) in [5.74, 6) is -0.394. The molecule has 8 heteroatoms. The molecule has 5 nitrogen and oxygen atoms in total. The first kappa shape index (κ1) is 18.1. The topological polar surface area (TPSA) is 66.5 Å². The fourth-order valence-electron chi connectivity index (χ4n) is 1.86. The van der Waals surface area contributed by atoms with Gasteiger partial charge >= 0.3 is 0 Å². The number of anilines is 1. The number of nitrogens with one attached hydrogen (secondary N) is 1. The minimum Gasteiger partial charge on any atom is -0.325 e. The van der Waals surface area contributed by atoms with Crippen molar-refractivity contribution in [2.24, 2.45) is 0 Å². The van der Waals surface area contributed by atoms with Gasteiger partial charge in [-0.25, -0.2) is 8.42 Å². The first-order valence-corrected chi connectivity index (χ1v) is 10.0. The van der Waals surface area contributed by atoms with Crippen LogP contribution in [0.5, 0.6) is 0 Å². The van der Waals surface area contributed by atoms with Gasteiger partial charge in [0.2, 0.25) is 5.91 Å². The van der Waals surface area contributed by atoms with Crippen molar-refractivity contribution in [1.29, 1.82) is 0 Å². The summed E-state index contributed by atoms with van der Waals surface area (Å²) in [6, 6.07) is 10.5. The van der Waals surface area contributed by atoms with Gasteiger partial charge in [-0.1, -0.05) is 18.2 Å². The molecule has 0 saturated heterocycles. The lowest BCUT2D eigenvalue weighted by Gasteiger charge is -2.19. The molecular weight excluding hydrogens is 447 g/mol. The average molecular weight is 462 g/mol. The molecule has 1 N–H and O–H groups in total. The molecule has 0 atom stereocenters. The summed E-state index contributed by atoms with van der Waals surface area (Å²) in [4.78, 5) is 12.2. The minimum absolute atomic E-state index is 0.0694. The second-order valence-corrected chi connectivity index (χ2v) is 8.93. The highest BCUT2D eigenvalue weighted by Crippen LogP contribution is 2.21. The van der Waals surface area contributed by atoms with Gasteiger partial charge in [-0.05, 0) is 52.2 Å². The predicted molar refractivity (Wildman–Crippen MR) is 101 cm³/mol. The third-order valence-corrected chi connectivity index (χ3v) is 6.71. The van der Waals surface area contributed by atoms with Crippen molar-refractivity contribution in [3.05, 3.63) is 58.0 Å². The van der Waals surface area contributed by atoms with Gasteiger partial charge in [0, 0.05) is 15.8 Å². The van der Waals surface area contributed by atoms with E-state index in [-0.39, 0.29) is 17.3 Å². The molecule has 0 saturated carbocycles. The summed E-state index contributed by atoms with van der Waals surface area (Å²) in [5.41, 5.74) is 0.633. The van der Waals surface area contributed by atoms with Gasteiger partial charge in [-0.3, -0.25) is 4.79 Å². The third kappa shape index (κ3) is 4.87. The van der Waals surface area contributed by atoms with Gasteiger partial charge in [0.05, 0.1) is 6.54 Å². The van der Waals surface area contributed by atoms with Crippen molar-refractivity contribution in [1.82, 2.24) is 4.31 Å². The average Bonchev–Trinajstić information content (AvgIpc) is 3.01. The van der Waals surface area contributed by atoms with E-state index in [0.29, 0.717) is 5.69 Å². The molecule has 0 aliphatic rings. The van der Waals surface area contributed by atoms with Crippen LogP contribution in [-0.2, 0) is 14.8 Å². The van der Waals surface area contributed by atoms with Crippen LogP contribution in [0.25, 0.3) is 0 Å². The van der Waals surface area contributed by atoms with Crippen LogP contribution in [0.4, 0.5) is 5.69 Å². The number of halogens is 1. The summed E-state index contributed by atoms with van der Waals surface area (Å²) in [7, 11) is -3.70. The van der Waals surface area contributed by atoms with Crippen LogP contribution in [-0.4, -0.2) is 31.7 Å². The maximum absolute atomic E-state index is 12.5. The van der Waals surface area contributed by atoms with E-state index in [1.807, 2.05) is 18.2 Å². The Bertz CT molecular complexity index is 789. The molecular formula is C15H15IN2O3S2. The van der Waals surface area contributed by atoms with E-state index in [9.17, 15) is 13.2 Å². The Labute approximate surface area is 153 Å². The van der Waals surface area contributed by atoms with Gasteiger partial charge < -0.3 is 5.32 Å². The van der Waals surface area contributed by atoms with Crippen LogP contribution in [0, 0.1) is 3.57 Å². The Hall–Kier alpha value is -1.23. The lowest BCUT2D eigenvalue weighted by atomic mass is 10.3. The van der Waals surface area contributed by atoms with Crippen LogP contribution in [0.1, 0.15) is 0 Å². The van der Waals surface area contributed by atoms with E-state index in [1.165, 1.54) is 12.1 Å². The molecule has 0 unspecified atom stereocenters. The van der Waals surface area contributed by atoms with Gasteiger partial charge in [-0.2, -0.15) is 4.31 Å². The molecule has 0 aliphatic carbocycles. The molecule has 1 heterocycles. The highest BCUT2D eigenvalue weighted by molar-refractivity contribution is 14.1. The Balaban J connectivity index is 2.13. The molecule has 0 fully saturated rings. The molecule has 0 aliphatic heterocycles. The van der Waals surface area contributed by atoms with Gasteiger partial charge in [-0.15, -0.1) is 17.9 Å². The smallest absolute Gasteiger partial charge is 0.253 e. The zero-order valence-corrected chi connectivity index (χ0v) is 15.9. The summed E-state index contributed by atoms with van der Waals surface area (Å²) in [6.45, 7) is 3.37. The van der Waals surface area contributed by atoms with E-state index in [2.05, 4.69) is 34.5 Å². The standard InChI is InChI=1S/C15H15IN2O3S2/c1-2-8-18(23(20,21)15-7-4-9-22-15)11-14(19)17-13-6-3-5-12(16)10-13/h2-7,9-10H,1,8,11H2,(H,17,19). The number of hydrogen-bond donors (Lipinski definition) is 1. The second kappa shape index (κ2) is 8.04. The zero-order chi connectivity index (χ0) is 16.9. The SMILES string of the molecule is C=CCN(CC(=O)Nc1cccc(I)c1)S(=O)(=O)c1cccs1. The Morgan fingerprint density at radius 2 is 2.13 bits per heavy atom. The Morgan fingerprint density at radius 3 is 2.74 bits per heavy atom. The number of hydrogen-bond acceptors (Lipinski definition) is 4. The van der Waals surface area contributed by atoms with E-state index in [4.69, 9.17) is 0 Å². The first-order valence-electron chi connectivity index (χ1n) is 6.63. The summed E-state index contributed by atoms with van der Waals surface area (Å²) < 4.78 is 27.4. The van der Waals surface area contributed by atoms with Crippen molar-refractivity contribution < 1.29 is 13.2 Å². The number of carbonyl (C=O) groups excluding carboxylic acids is 1. The predicted octanol–water partition coefficient (Wildman–Crippen LogP) is 3.17.